The van der Waals surface area contributed by atoms with Gasteiger partial charge in [0.2, 0.25) is 0 Å². The Balaban J connectivity index is 0.000000113. The van der Waals surface area contributed by atoms with Gasteiger partial charge in [-0.25, -0.2) is 0 Å². The predicted molar refractivity (Wildman–Crippen MR) is 546 cm³/mol. The predicted octanol–water partition coefficient (Wildman–Crippen LogP) is 26.9. The van der Waals surface area contributed by atoms with E-state index in [0.29, 0.717) is 11.5 Å². The molecule has 0 amide bonds. The topological polar surface area (TPSA) is 204 Å². The van der Waals surface area contributed by atoms with Crippen LogP contribution >= 0.6 is 142 Å². The summed E-state index contributed by atoms with van der Waals surface area (Å²) in [5, 5.41) is 9.55. The molecule has 0 fully saturated rings. The molecule has 0 bridgehead atoms. The Morgan fingerprint density at radius 2 is 0.496 bits per heavy atom. The molecule has 0 radical (unpaired) electrons. The molecule has 7 heterocycles. The van der Waals surface area contributed by atoms with Crippen molar-refractivity contribution < 1.29 is 60.1 Å². The second-order valence-corrected chi connectivity index (χ2v) is 60.0. The second-order valence-electron chi connectivity index (χ2n) is 30.2. The molecule has 14 aromatic rings. The Hall–Kier alpha value is -9.72. The molecule has 14 aromatic carbocycles. The van der Waals surface area contributed by atoms with Crippen LogP contribution < -0.4 is 0 Å². The van der Waals surface area contributed by atoms with Gasteiger partial charge in [0.1, 0.15) is 0 Å². The van der Waals surface area contributed by atoms with Gasteiger partial charge in [-0.15, -0.1) is 0 Å². The maximum absolute atomic E-state index is 11.9. The van der Waals surface area contributed by atoms with E-state index in [9.17, 15) is 38.7 Å². The number of carbonyl (C=O) groups is 7. The van der Waals surface area contributed by atoms with Crippen LogP contribution in [0.1, 0.15) is 152 Å². The number of carbonyl (C=O) groups excluding carboxylic acids is 7. The van der Waals surface area contributed by atoms with Gasteiger partial charge in [0.05, 0.1) is 0 Å². The van der Waals surface area contributed by atoms with Crippen molar-refractivity contribution in [2.24, 2.45) is 0 Å². The third-order valence-electron chi connectivity index (χ3n) is 19.7. The van der Waals surface area contributed by atoms with Crippen molar-refractivity contribution in [3.8, 4) is 5.75 Å². The fourth-order valence-corrected chi connectivity index (χ4v) is 43.9. The number of phenolic OH excluding ortho intramolecular Hbond substituents is 1. The summed E-state index contributed by atoms with van der Waals surface area (Å²) in [7, 11) is 0. The Morgan fingerprint density at radius 3 is 0.840 bits per heavy atom. The fraction of sp³-hybridized carbons (Fsp3) is 0.117. The first-order valence-corrected chi connectivity index (χ1v) is 61.0. The van der Waals surface area contributed by atoms with Gasteiger partial charge in [-0.1, -0.05) is 0 Å². The normalized spacial score (nSPS) is 15.6. The monoisotopic (exact) mass is 2450 g/mol. The van der Waals surface area contributed by atoms with Crippen molar-refractivity contribution in [1.82, 2.24) is 0 Å². The van der Waals surface area contributed by atoms with Crippen molar-refractivity contribution in [1.29, 1.82) is 0 Å². The van der Waals surface area contributed by atoms with Crippen molar-refractivity contribution in [3.05, 3.63) is 462 Å². The van der Waals surface area contributed by atoms with E-state index in [1.54, 1.807) is 12.1 Å². The molecule has 21 rings (SSSR count). The van der Waals surface area contributed by atoms with Gasteiger partial charge in [-0.3, -0.25) is 0 Å². The van der Waals surface area contributed by atoms with Gasteiger partial charge in [-0.05, 0) is 0 Å². The summed E-state index contributed by atoms with van der Waals surface area (Å²) in [5.41, 5.74) is 13.9. The van der Waals surface area contributed by atoms with E-state index in [2.05, 4.69) is 165 Å². The number of aromatic hydroxyl groups is 1. The zero-order valence-corrected chi connectivity index (χ0v) is 84.7. The molecule has 0 saturated carbocycles. The first kappa shape index (κ1) is 90.1. The van der Waals surface area contributed by atoms with Gasteiger partial charge in [-0.2, -0.15) is 0 Å². The zero-order valence-electron chi connectivity index (χ0n) is 69.6. The van der Waals surface area contributed by atoms with Gasteiger partial charge in [0.15, 0.2) is 0 Å². The van der Waals surface area contributed by atoms with Crippen LogP contribution in [0.2, 0.25) is 0 Å². The molecule has 15 nitrogen and oxygen atoms in total. The summed E-state index contributed by atoms with van der Waals surface area (Å²) < 4.78 is 55.0. The number of phenols is 1. The SMILES string of the molecule is CC(C)(C)c1ccc(I2OC(=O)c3ccccc32)cc1.CC(C)c1ccc(I2OC(=O)c3ccccc32)cc1.Cc1ccc(I2OC(=O)c3ccc(O)cc32)cc1.Cc1ccc(I2OC(=O)c3ccccc32)c(C)c1.Cc1ccc(I2OC(=O)c3ccccc32)cc1.Cc1ccc2c(c1)I(c1ccccc1)OC2=O.O=C1OI(c2ccccc2)c2ccccc21. The van der Waals surface area contributed by atoms with E-state index < -0.39 is 142 Å². The second kappa shape index (κ2) is 40.5. The Bertz CT molecular complexity index is 6380. The van der Waals surface area contributed by atoms with Crippen LogP contribution in [0, 0.1) is 84.6 Å². The summed E-state index contributed by atoms with van der Waals surface area (Å²) in [6.45, 7) is 21.3. The van der Waals surface area contributed by atoms with Gasteiger partial charge in [0.25, 0.3) is 0 Å². The van der Waals surface area contributed by atoms with Gasteiger partial charge >= 0.3 is 791 Å². The molecule has 0 saturated heterocycles. The molecule has 0 aromatic heterocycles. The van der Waals surface area contributed by atoms with Crippen LogP contribution in [0.3, 0.4) is 0 Å². The number of benzene rings is 14. The van der Waals surface area contributed by atoms with Crippen LogP contribution in [-0.2, 0) is 26.9 Å². The molecule has 22 heteroatoms. The van der Waals surface area contributed by atoms with E-state index in [1.807, 2.05) is 220 Å². The minimum absolute atomic E-state index is 0.145. The minimum atomic E-state index is -2.15. The van der Waals surface area contributed by atoms with Crippen LogP contribution in [0.4, 0.5) is 0 Å². The van der Waals surface area contributed by atoms with E-state index in [1.165, 1.54) is 66.4 Å². The summed E-state index contributed by atoms with van der Waals surface area (Å²) in [5.74, 6) is -0.520. The molecule has 0 spiro atoms. The van der Waals surface area contributed by atoms with Crippen molar-refractivity contribution in [3.63, 3.8) is 0 Å². The Kier molecular flexibility index (Phi) is 29.2. The molecule has 0 aliphatic carbocycles. The summed E-state index contributed by atoms with van der Waals surface area (Å²) in [6, 6.07) is 109. The maximum atomic E-state index is 11.9. The molecule has 7 aliphatic rings. The zero-order chi connectivity index (χ0) is 87.7. The first-order valence-electron chi connectivity index (χ1n) is 39.7. The number of aryl methyl sites for hydroxylation is 5. The third kappa shape index (κ3) is 20.9. The molecular weight excluding hydrogens is 2370 g/mol. The van der Waals surface area contributed by atoms with Crippen molar-refractivity contribution >= 4 is 183 Å². The number of halogens is 7. The summed E-state index contributed by atoms with van der Waals surface area (Å²) in [6.07, 6.45) is 0. The van der Waals surface area contributed by atoms with E-state index >= 15 is 0 Å². The summed E-state index contributed by atoms with van der Waals surface area (Å²) >= 11 is -14.0. The van der Waals surface area contributed by atoms with Crippen LogP contribution in [0.15, 0.2) is 334 Å². The van der Waals surface area contributed by atoms with Crippen molar-refractivity contribution in [2.75, 3.05) is 0 Å². The van der Waals surface area contributed by atoms with Crippen LogP contribution in [0.5, 0.6) is 5.75 Å². The molecule has 7 aliphatic heterocycles. The number of hydrogen-bond donors (Lipinski definition) is 1. The third-order valence-corrected chi connectivity index (χ3v) is 52.9. The average molecular weight is 2450 g/mol. The number of rotatable bonds is 8. The van der Waals surface area contributed by atoms with Gasteiger partial charge in [0, 0.05) is 0 Å². The molecule has 0 unspecified atom stereocenters. The molecule has 125 heavy (non-hydrogen) atoms. The number of fused-ring (bicyclic) bond motifs is 7. The quantitative estimate of drug-likeness (QED) is 0.141. The molecular formula is C103H87I7O15. The van der Waals surface area contributed by atoms with Crippen LogP contribution in [-0.4, -0.2) is 46.9 Å². The van der Waals surface area contributed by atoms with Gasteiger partial charge < -0.3 is 0 Å². The van der Waals surface area contributed by atoms with E-state index in [0.717, 1.165) is 61.9 Å². The number of hydrogen-bond acceptors (Lipinski definition) is 15. The molecule has 1 N–H and O–H groups in total. The van der Waals surface area contributed by atoms with Crippen molar-refractivity contribution in [2.45, 2.75) is 80.6 Å². The molecule has 638 valence electrons. The van der Waals surface area contributed by atoms with Crippen LogP contribution in [0.25, 0.3) is 0 Å². The first-order chi connectivity index (χ1) is 60.3. The Labute approximate surface area is 781 Å². The summed E-state index contributed by atoms with van der Waals surface area (Å²) in [4.78, 5) is 82.5. The average Bonchev–Trinajstić information content (AvgIpc) is 1.67. The van der Waals surface area contributed by atoms with E-state index in [4.69, 9.17) is 21.5 Å². The fourth-order valence-electron chi connectivity index (χ4n) is 13.2. The Morgan fingerprint density at radius 1 is 0.240 bits per heavy atom. The molecule has 0 atom stereocenters. The van der Waals surface area contributed by atoms with E-state index in [-0.39, 0.29) is 52.9 Å². The standard InChI is InChI=1S/C17H17IO2.C16H15IO2.C15H13IO2.C14H11IO3.2C14H11IO2.C13H9IO2/c1-17(2,3)12-8-10-13(11-9-12)18-15-7-5-4-6-14(15)16(19)20-18;1-11(2)12-7-9-13(10-8-12)17-15-6-4-3-5-14(15)16(18)19-17;1-10-7-8-13(11(2)9-10)16-14-6-4-3-5-12(14)15(17)18-16;1-9-2-4-10(5-3-9)15-13-8-11(16)6-7-12(13)14(17)18-15;1-10-6-8-11(9-7-10)15-13-5-3-2-4-12(13)14(16)17-15;1-10-7-8-12-13(9-10)15(17-14(12)16)11-5-3-2-4-6-11;15-13-11-8-4-5-9-12(11)14(16-13)10-6-2-1-3-7-10/h4-11H,1-3H3;3-11H,1-2H3;3-9H,1-2H3;2-8,16H,1H3;2*2-9H,1H3;1-9H.